The van der Waals surface area contributed by atoms with Gasteiger partial charge in [0.1, 0.15) is 6.33 Å². The van der Waals surface area contributed by atoms with Crippen LogP contribution in [0.3, 0.4) is 0 Å². The van der Waals surface area contributed by atoms with Crippen molar-refractivity contribution in [3.63, 3.8) is 0 Å². The van der Waals surface area contributed by atoms with Crippen molar-refractivity contribution in [2.45, 2.75) is 16.6 Å². The van der Waals surface area contributed by atoms with Crippen LogP contribution in [0.5, 0.6) is 0 Å². The van der Waals surface area contributed by atoms with Gasteiger partial charge in [0.05, 0.1) is 0 Å². The maximum Gasteiger partial charge on any atom is 0.190 e. The maximum atomic E-state index is 6.00. The number of aryl methyl sites for hydroxylation is 1. The Morgan fingerprint density at radius 1 is 1.47 bits per heavy atom. The van der Waals surface area contributed by atoms with Crippen LogP contribution in [0.2, 0.25) is 5.02 Å². The Morgan fingerprint density at radius 3 is 2.94 bits per heavy atom. The summed E-state index contributed by atoms with van der Waals surface area (Å²) in [5.74, 6) is 0. The Kier molecular flexibility index (Phi) is 4.04. The molecule has 1 N–H and O–H groups in total. The van der Waals surface area contributed by atoms with E-state index in [-0.39, 0.29) is 0 Å². The lowest BCUT2D eigenvalue weighted by Crippen LogP contribution is -2.06. The van der Waals surface area contributed by atoms with Crippen molar-refractivity contribution in [2.75, 3.05) is 7.05 Å². The molecule has 0 bridgehead atoms. The van der Waals surface area contributed by atoms with Crippen molar-refractivity contribution in [1.29, 1.82) is 0 Å². The van der Waals surface area contributed by atoms with Gasteiger partial charge >= 0.3 is 0 Å². The summed E-state index contributed by atoms with van der Waals surface area (Å²) in [5, 5.41) is 8.79. The second-order valence-electron chi connectivity index (χ2n) is 3.55. The second-order valence-corrected chi connectivity index (χ2v) is 5.00. The van der Waals surface area contributed by atoms with Crippen LogP contribution < -0.4 is 5.32 Å². The highest BCUT2D eigenvalue weighted by molar-refractivity contribution is 7.99. The molecular formula is C11H13ClN4S. The molecule has 0 unspecified atom stereocenters. The third-order valence-electron chi connectivity index (χ3n) is 2.26. The highest BCUT2D eigenvalue weighted by Gasteiger charge is 2.08. The van der Waals surface area contributed by atoms with Crippen LogP contribution in [-0.4, -0.2) is 21.8 Å². The number of aromatic nitrogens is 3. The van der Waals surface area contributed by atoms with E-state index in [4.69, 9.17) is 11.6 Å². The Bertz CT molecular complexity index is 512. The van der Waals surface area contributed by atoms with Crippen LogP contribution >= 0.6 is 23.4 Å². The van der Waals surface area contributed by atoms with E-state index in [1.54, 1.807) is 22.8 Å². The molecule has 0 saturated carbocycles. The highest BCUT2D eigenvalue weighted by Crippen LogP contribution is 2.30. The van der Waals surface area contributed by atoms with Gasteiger partial charge in [-0.3, -0.25) is 0 Å². The molecule has 0 radical (unpaired) electrons. The Hall–Kier alpha value is -1.04. The fourth-order valence-corrected chi connectivity index (χ4v) is 2.52. The number of benzene rings is 1. The molecule has 2 aromatic rings. The number of hydrogen-bond donors (Lipinski definition) is 1. The van der Waals surface area contributed by atoms with Crippen LogP contribution in [0.4, 0.5) is 0 Å². The van der Waals surface area contributed by atoms with Crippen LogP contribution in [0.25, 0.3) is 0 Å². The van der Waals surface area contributed by atoms with Crippen molar-refractivity contribution in [2.24, 2.45) is 7.05 Å². The summed E-state index contributed by atoms with van der Waals surface area (Å²) in [6.45, 7) is 0.779. The normalized spacial score (nSPS) is 10.8. The minimum absolute atomic E-state index is 0.748. The molecule has 0 aliphatic carbocycles. The zero-order valence-corrected chi connectivity index (χ0v) is 11.2. The second kappa shape index (κ2) is 5.53. The summed E-state index contributed by atoms with van der Waals surface area (Å²) in [6, 6.07) is 5.87. The average molecular weight is 269 g/mol. The molecule has 0 saturated heterocycles. The molecule has 1 aromatic heterocycles. The molecule has 0 aliphatic heterocycles. The van der Waals surface area contributed by atoms with E-state index in [9.17, 15) is 0 Å². The van der Waals surface area contributed by atoms with Crippen molar-refractivity contribution in [1.82, 2.24) is 20.1 Å². The predicted molar refractivity (Wildman–Crippen MR) is 69.3 cm³/mol. The molecule has 0 fully saturated rings. The first-order valence-electron chi connectivity index (χ1n) is 5.15. The molecule has 1 aromatic carbocycles. The van der Waals surface area contributed by atoms with Crippen molar-refractivity contribution in [3.8, 4) is 0 Å². The zero-order chi connectivity index (χ0) is 12.3. The highest BCUT2D eigenvalue weighted by atomic mass is 35.5. The van der Waals surface area contributed by atoms with Gasteiger partial charge in [0.15, 0.2) is 5.16 Å². The molecule has 6 heteroatoms. The third kappa shape index (κ3) is 3.00. The van der Waals surface area contributed by atoms with Gasteiger partial charge in [-0.15, -0.1) is 0 Å². The van der Waals surface area contributed by atoms with Crippen molar-refractivity contribution in [3.05, 3.63) is 35.1 Å². The van der Waals surface area contributed by atoms with Gasteiger partial charge in [-0.2, -0.15) is 5.10 Å². The van der Waals surface area contributed by atoms with Gasteiger partial charge in [-0.1, -0.05) is 11.6 Å². The van der Waals surface area contributed by atoms with Gasteiger partial charge in [-0.25, -0.2) is 9.67 Å². The van der Waals surface area contributed by atoms with E-state index in [0.29, 0.717) is 0 Å². The molecule has 17 heavy (non-hydrogen) atoms. The Labute approximate surface area is 109 Å². The first-order valence-corrected chi connectivity index (χ1v) is 6.35. The van der Waals surface area contributed by atoms with E-state index in [1.807, 2.05) is 32.3 Å². The zero-order valence-electron chi connectivity index (χ0n) is 9.64. The summed E-state index contributed by atoms with van der Waals surface area (Å²) < 4.78 is 1.75. The smallest absolute Gasteiger partial charge is 0.190 e. The van der Waals surface area contributed by atoms with Crippen molar-refractivity contribution < 1.29 is 0 Å². The van der Waals surface area contributed by atoms with Crippen molar-refractivity contribution >= 4 is 23.4 Å². The molecule has 0 atom stereocenters. The van der Waals surface area contributed by atoms with E-state index in [0.717, 1.165) is 27.2 Å². The van der Waals surface area contributed by atoms with Crippen LogP contribution in [-0.2, 0) is 13.6 Å². The van der Waals surface area contributed by atoms with Gasteiger partial charge in [-0.05, 0) is 42.6 Å². The minimum atomic E-state index is 0.748. The molecule has 0 aliphatic rings. The van der Waals surface area contributed by atoms with Crippen LogP contribution in [0, 0.1) is 0 Å². The monoisotopic (exact) mass is 268 g/mol. The van der Waals surface area contributed by atoms with Gasteiger partial charge in [0.2, 0.25) is 0 Å². The van der Waals surface area contributed by atoms with Gasteiger partial charge < -0.3 is 5.32 Å². The number of nitrogens with zero attached hydrogens (tertiary/aromatic N) is 3. The Balaban J connectivity index is 2.29. The lowest BCUT2D eigenvalue weighted by atomic mass is 10.2. The summed E-state index contributed by atoms with van der Waals surface area (Å²) in [6.07, 6.45) is 1.55. The molecule has 4 nitrogen and oxygen atoms in total. The summed E-state index contributed by atoms with van der Waals surface area (Å²) in [5.41, 5.74) is 1.16. The fraction of sp³-hybridized carbons (Fsp3) is 0.273. The van der Waals surface area contributed by atoms with Gasteiger partial charge in [0.25, 0.3) is 0 Å². The first-order chi connectivity index (χ1) is 8.20. The molecule has 0 spiro atoms. The largest absolute Gasteiger partial charge is 0.316 e. The van der Waals surface area contributed by atoms with E-state index in [2.05, 4.69) is 15.4 Å². The predicted octanol–water partition coefficient (Wildman–Crippen LogP) is 2.34. The average Bonchev–Trinajstić information content (AvgIpc) is 2.69. The van der Waals surface area contributed by atoms with Crippen LogP contribution in [0.1, 0.15) is 5.56 Å². The molecule has 90 valence electrons. The minimum Gasteiger partial charge on any atom is -0.316 e. The number of halogens is 1. The molecule has 0 amide bonds. The van der Waals surface area contributed by atoms with Crippen LogP contribution in [0.15, 0.2) is 34.6 Å². The molecule has 2 rings (SSSR count). The Morgan fingerprint density at radius 2 is 2.29 bits per heavy atom. The quantitative estimate of drug-likeness (QED) is 0.924. The van der Waals surface area contributed by atoms with Gasteiger partial charge in [0, 0.05) is 23.5 Å². The van der Waals surface area contributed by atoms with E-state index < -0.39 is 0 Å². The maximum absolute atomic E-state index is 6.00. The SMILES string of the molecule is CNCc1cc(Cl)ccc1Sc1ncnn1C. The first kappa shape index (κ1) is 12.4. The lowest BCUT2D eigenvalue weighted by Gasteiger charge is -2.08. The molecule has 1 heterocycles. The summed E-state index contributed by atoms with van der Waals surface area (Å²) >= 11 is 7.58. The lowest BCUT2D eigenvalue weighted by molar-refractivity contribution is 0.684. The topological polar surface area (TPSA) is 42.7 Å². The summed E-state index contributed by atoms with van der Waals surface area (Å²) in [4.78, 5) is 5.33. The molecular weight excluding hydrogens is 256 g/mol. The third-order valence-corrected chi connectivity index (χ3v) is 3.67. The standard InChI is InChI=1S/C11H13ClN4S/c1-13-6-8-5-9(12)3-4-10(8)17-11-14-7-15-16(11)2/h3-5,7,13H,6H2,1-2H3. The van der Waals surface area contributed by atoms with E-state index >= 15 is 0 Å². The van der Waals surface area contributed by atoms with E-state index in [1.165, 1.54) is 0 Å². The summed E-state index contributed by atoms with van der Waals surface area (Å²) in [7, 11) is 3.79. The fourth-order valence-electron chi connectivity index (χ4n) is 1.45. The number of nitrogens with one attached hydrogen (secondary N) is 1. The number of hydrogen-bond acceptors (Lipinski definition) is 4. The number of rotatable bonds is 4.